The van der Waals surface area contributed by atoms with Gasteiger partial charge in [0.25, 0.3) is 0 Å². The summed E-state index contributed by atoms with van der Waals surface area (Å²) in [4.78, 5) is 27.8. The summed E-state index contributed by atoms with van der Waals surface area (Å²) in [5, 5.41) is 0. The average Bonchev–Trinajstić information content (AvgIpc) is 2.67. The third kappa shape index (κ3) is 2.62. The SMILES string of the molecule is CCC1(CC)C(=O)N(c2ccc(OC)cc2)C1C(=O)c1ccccc1. The van der Waals surface area contributed by atoms with Crippen LogP contribution >= 0.6 is 0 Å². The van der Waals surface area contributed by atoms with Gasteiger partial charge in [0, 0.05) is 11.3 Å². The fourth-order valence-corrected chi connectivity index (χ4v) is 3.73. The molecule has 0 bridgehead atoms. The van der Waals surface area contributed by atoms with Gasteiger partial charge < -0.3 is 4.74 Å². The molecule has 0 N–H and O–H groups in total. The Balaban J connectivity index is 2.01. The van der Waals surface area contributed by atoms with E-state index in [1.807, 2.05) is 68.4 Å². The number of hydrogen-bond acceptors (Lipinski definition) is 3. The van der Waals surface area contributed by atoms with Gasteiger partial charge in [-0.15, -0.1) is 0 Å². The second kappa shape index (κ2) is 6.71. The van der Waals surface area contributed by atoms with Gasteiger partial charge in [-0.2, -0.15) is 0 Å². The summed E-state index contributed by atoms with van der Waals surface area (Å²) in [6, 6.07) is 16.0. The zero-order valence-corrected chi connectivity index (χ0v) is 14.9. The Morgan fingerprint density at radius 2 is 1.64 bits per heavy atom. The minimum atomic E-state index is -0.618. The monoisotopic (exact) mass is 337 g/mol. The van der Waals surface area contributed by atoms with Crippen molar-refractivity contribution in [2.75, 3.05) is 12.0 Å². The third-order valence-electron chi connectivity index (χ3n) is 5.35. The highest BCUT2D eigenvalue weighted by Gasteiger charge is 2.61. The van der Waals surface area contributed by atoms with Crippen molar-refractivity contribution in [2.24, 2.45) is 5.41 Å². The molecule has 0 saturated carbocycles. The molecular formula is C21H23NO3. The van der Waals surface area contributed by atoms with Gasteiger partial charge in [0.1, 0.15) is 11.8 Å². The number of Topliss-reactive ketones (excluding diaryl/α,β-unsaturated/α-hetero) is 1. The molecule has 1 aliphatic rings. The standard InChI is InChI=1S/C21H23NO3/c1-4-21(5-2)19(18(23)15-9-7-6-8-10-15)22(20(21)24)16-11-13-17(25-3)14-12-16/h6-14,19H,4-5H2,1-3H3. The topological polar surface area (TPSA) is 46.6 Å². The minimum Gasteiger partial charge on any atom is -0.497 e. The van der Waals surface area contributed by atoms with E-state index >= 15 is 0 Å². The normalized spacial score (nSPS) is 18.6. The van der Waals surface area contributed by atoms with Gasteiger partial charge >= 0.3 is 0 Å². The highest BCUT2D eigenvalue weighted by Crippen LogP contribution is 2.48. The van der Waals surface area contributed by atoms with Crippen molar-refractivity contribution in [1.29, 1.82) is 0 Å². The van der Waals surface area contributed by atoms with Gasteiger partial charge in [0.15, 0.2) is 5.78 Å². The molecule has 0 aliphatic carbocycles. The predicted octanol–water partition coefficient (Wildman–Crippen LogP) is 4.10. The maximum atomic E-state index is 13.2. The van der Waals surface area contributed by atoms with Gasteiger partial charge in [0.2, 0.25) is 5.91 Å². The van der Waals surface area contributed by atoms with Crippen LogP contribution in [0.5, 0.6) is 5.75 Å². The summed E-state index contributed by atoms with van der Waals surface area (Å²) in [5.74, 6) is 0.747. The number of carbonyl (C=O) groups excluding carboxylic acids is 2. The molecule has 4 heteroatoms. The maximum absolute atomic E-state index is 13.2. The number of ketones is 1. The number of amides is 1. The van der Waals surface area contributed by atoms with Crippen LogP contribution in [0.3, 0.4) is 0 Å². The van der Waals surface area contributed by atoms with Crippen LogP contribution in [-0.4, -0.2) is 24.8 Å². The van der Waals surface area contributed by atoms with Crippen molar-refractivity contribution in [3.63, 3.8) is 0 Å². The number of anilines is 1. The Labute approximate surface area is 148 Å². The van der Waals surface area contributed by atoms with Gasteiger partial charge in [0.05, 0.1) is 12.5 Å². The molecule has 2 aromatic rings. The summed E-state index contributed by atoms with van der Waals surface area (Å²) in [6.07, 6.45) is 1.30. The summed E-state index contributed by atoms with van der Waals surface area (Å²) >= 11 is 0. The fourth-order valence-electron chi connectivity index (χ4n) is 3.73. The summed E-state index contributed by atoms with van der Waals surface area (Å²) in [5.41, 5.74) is 0.759. The second-order valence-corrected chi connectivity index (χ2v) is 6.37. The lowest BCUT2D eigenvalue weighted by Gasteiger charge is -2.54. The van der Waals surface area contributed by atoms with Crippen LogP contribution in [0.15, 0.2) is 54.6 Å². The zero-order valence-electron chi connectivity index (χ0n) is 14.9. The molecule has 3 rings (SSSR count). The number of rotatable bonds is 6. The van der Waals surface area contributed by atoms with E-state index in [2.05, 4.69) is 0 Å². The Morgan fingerprint density at radius 3 is 2.16 bits per heavy atom. The number of methoxy groups -OCH3 is 1. The van der Waals surface area contributed by atoms with E-state index in [0.717, 1.165) is 11.4 Å². The lowest BCUT2D eigenvalue weighted by atomic mass is 9.64. The smallest absolute Gasteiger partial charge is 0.236 e. The first kappa shape index (κ1) is 17.2. The summed E-state index contributed by atoms with van der Waals surface area (Å²) in [7, 11) is 1.60. The number of carbonyl (C=O) groups is 2. The van der Waals surface area contributed by atoms with Crippen LogP contribution in [0, 0.1) is 5.41 Å². The fraction of sp³-hybridized carbons (Fsp3) is 0.333. The quantitative estimate of drug-likeness (QED) is 0.589. The van der Waals surface area contributed by atoms with Crippen molar-refractivity contribution in [2.45, 2.75) is 32.7 Å². The Bertz CT molecular complexity index is 763. The van der Waals surface area contributed by atoms with E-state index in [-0.39, 0.29) is 11.7 Å². The van der Waals surface area contributed by atoms with Crippen molar-refractivity contribution in [3.05, 3.63) is 60.2 Å². The molecule has 4 nitrogen and oxygen atoms in total. The number of nitrogens with zero attached hydrogens (tertiary/aromatic N) is 1. The number of ether oxygens (including phenoxy) is 1. The molecule has 1 unspecified atom stereocenters. The molecule has 0 spiro atoms. The Kier molecular flexibility index (Phi) is 4.62. The molecule has 130 valence electrons. The predicted molar refractivity (Wildman–Crippen MR) is 98.1 cm³/mol. The lowest BCUT2D eigenvalue weighted by Crippen LogP contribution is -2.72. The second-order valence-electron chi connectivity index (χ2n) is 6.37. The maximum Gasteiger partial charge on any atom is 0.236 e. The molecule has 0 aromatic heterocycles. The Hall–Kier alpha value is -2.62. The summed E-state index contributed by atoms with van der Waals surface area (Å²) in [6.45, 7) is 3.97. The molecule has 0 radical (unpaired) electrons. The number of benzene rings is 2. The molecule has 1 aliphatic heterocycles. The molecule has 1 heterocycles. The molecule has 1 saturated heterocycles. The molecular weight excluding hydrogens is 314 g/mol. The first-order chi connectivity index (χ1) is 12.1. The molecule has 1 atom stereocenters. The molecule has 2 aromatic carbocycles. The van der Waals surface area contributed by atoms with Crippen LogP contribution in [-0.2, 0) is 4.79 Å². The average molecular weight is 337 g/mol. The minimum absolute atomic E-state index is 0.000261. The van der Waals surface area contributed by atoms with Crippen LogP contribution < -0.4 is 9.64 Å². The zero-order chi connectivity index (χ0) is 18.0. The lowest BCUT2D eigenvalue weighted by molar-refractivity contribution is -0.138. The summed E-state index contributed by atoms with van der Waals surface area (Å²) < 4.78 is 5.18. The van der Waals surface area contributed by atoms with E-state index in [0.29, 0.717) is 18.4 Å². The van der Waals surface area contributed by atoms with E-state index in [4.69, 9.17) is 4.74 Å². The third-order valence-corrected chi connectivity index (χ3v) is 5.35. The Morgan fingerprint density at radius 1 is 1.04 bits per heavy atom. The molecule has 1 fully saturated rings. The van der Waals surface area contributed by atoms with E-state index in [9.17, 15) is 9.59 Å². The highest BCUT2D eigenvalue weighted by atomic mass is 16.5. The van der Waals surface area contributed by atoms with Crippen LogP contribution in [0.2, 0.25) is 0 Å². The molecule has 25 heavy (non-hydrogen) atoms. The number of hydrogen-bond donors (Lipinski definition) is 0. The van der Waals surface area contributed by atoms with Crippen molar-refractivity contribution < 1.29 is 14.3 Å². The van der Waals surface area contributed by atoms with Gasteiger partial charge in [-0.25, -0.2) is 0 Å². The van der Waals surface area contributed by atoms with E-state index in [1.54, 1.807) is 12.0 Å². The van der Waals surface area contributed by atoms with Crippen molar-refractivity contribution in [1.82, 2.24) is 0 Å². The first-order valence-corrected chi connectivity index (χ1v) is 8.66. The van der Waals surface area contributed by atoms with Gasteiger partial charge in [-0.3, -0.25) is 14.5 Å². The van der Waals surface area contributed by atoms with E-state index in [1.165, 1.54) is 0 Å². The van der Waals surface area contributed by atoms with E-state index < -0.39 is 11.5 Å². The first-order valence-electron chi connectivity index (χ1n) is 8.66. The van der Waals surface area contributed by atoms with Crippen LogP contribution in [0.1, 0.15) is 37.0 Å². The van der Waals surface area contributed by atoms with Crippen molar-refractivity contribution in [3.8, 4) is 5.75 Å². The van der Waals surface area contributed by atoms with Crippen LogP contribution in [0.25, 0.3) is 0 Å². The highest BCUT2D eigenvalue weighted by molar-refractivity contribution is 6.18. The van der Waals surface area contributed by atoms with Crippen LogP contribution in [0.4, 0.5) is 5.69 Å². The van der Waals surface area contributed by atoms with Gasteiger partial charge in [-0.1, -0.05) is 44.2 Å². The van der Waals surface area contributed by atoms with Gasteiger partial charge in [-0.05, 0) is 37.1 Å². The number of β-lactam (4-membered cyclic amide) rings is 1. The largest absolute Gasteiger partial charge is 0.497 e. The van der Waals surface area contributed by atoms with Crippen molar-refractivity contribution >= 4 is 17.4 Å². The molecule has 1 amide bonds.